The Kier molecular flexibility index (Phi) is 7.90. The summed E-state index contributed by atoms with van der Waals surface area (Å²) in [5.74, 6) is 0. The van der Waals surface area contributed by atoms with E-state index in [1.807, 2.05) is 0 Å². The molecule has 0 fully saturated rings. The average Bonchev–Trinajstić information content (AvgIpc) is 1.90. The van der Waals surface area contributed by atoms with Gasteiger partial charge in [-0.3, -0.25) is 10.5 Å². The zero-order chi connectivity index (χ0) is 7.66. The highest BCUT2D eigenvalue weighted by Crippen LogP contribution is 2.04. The van der Waals surface area contributed by atoms with E-state index in [0.29, 0.717) is 0 Å². The van der Waals surface area contributed by atoms with Crippen molar-refractivity contribution in [1.29, 1.82) is 0 Å². The van der Waals surface area contributed by atoms with Crippen LogP contribution < -0.4 is 0 Å². The first-order valence-electron chi connectivity index (χ1n) is 3.52. The number of allylic oxidation sites excluding steroid dienone is 4. The van der Waals surface area contributed by atoms with Gasteiger partial charge < -0.3 is 0 Å². The van der Waals surface area contributed by atoms with E-state index in [0.717, 1.165) is 0 Å². The molecule has 0 heterocycles. The molecule has 0 spiro atoms. The monoisotopic (exact) mass is 142 g/mol. The van der Waals surface area contributed by atoms with Gasteiger partial charge in [0.2, 0.25) is 0 Å². The third-order valence-corrected chi connectivity index (χ3v) is 1.37. The van der Waals surface area contributed by atoms with E-state index in [9.17, 15) is 0 Å². The Morgan fingerprint density at radius 1 is 0.800 bits per heavy atom. The minimum absolute atomic E-state index is 1.27. The summed E-state index contributed by atoms with van der Waals surface area (Å²) < 4.78 is 0. The molecule has 0 unspecified atom stereocenters. The fourth-order valence-corrected chi connectivity index (χ4v) is 0.874. The van der Waals surface area contributed by atoms with Crippen molar-refractivity contribution in [1.82, 2.24) is 0 Å². The van der Waals surface area contributed by atoms with Gasteiger partial charge in [0.15, 0.2) is 0 Å². The lowest BCUT2D eigenvalue weighted by atomic mass is 10.1. The van der Waals surface area contributed by atoms with Crippen molar-refractivity contribution in [3.05, 3.63) is 24.3 Å². The van der Waals surface area contributed by atoms with Crippen molar-refractivity contribution in [2.24, 2.45) is 0 Å². The van der Waals surface area contributed by atoms with Crippen molar-refractivity contribution in [2.45, 2.75) is 25.7 Å². The zero-order valence-corrected chi connectivity index (χ0v) is 6.03. The first-order chi connectivity index (χ1) is 5.00. The SMILES string of the molecule is C1=C\CCCC\C=C/1.OO. The summed E-state index contributed by atoms with van der Waals surface area (Å²) in [6, 6.07) is 0. The highest BCUT2D eigenvalue weighted by molar-refractivity contribution is 5.03. The minimum Gasteiger partial charge on any atom is -0.255 e. The van der Waals surface area contributed by atoms with Crippen molar-refractivity contribution in [3.8, 4) is 0 Å². The first-order valence-corrected chi connectivity index (χ1v) is 3.52. The Morgan fingerprint density at radius 2 is 1.20 bits per heavy atom. The van der Waals surface area contributed by atoms with Gasteiger partial charge >= 0.3 is 0 Å². The van der Waals surface area contributed by atoms with Crippen LogP contribution in [0.4, 0.5) is 0 Å². The van der Waals surface area contributed by atoms with E-state index >= 15 is 0 Å². The Bertz CT molecular complexity index is 91.8. The molecule has 1 aliphatic rings. The first kappa shape index (κ1) is 9.40. The second-order valence-electron chi connectivity index (χ2n) is 2.14. The van der Waals surface area contributed by atoms with Crippen LogP contribution in [-0.4, -0.2) is 10.5 Å². The third kappa shape index (κ3) is 5.54. The van der Waals surface area contributed by atoms with E-state index in [1.54, 1.807) is 0 Å². The van der Waals surface area contributed by atoms with E-state index in [1.165, 1.54) is 25.7 Å². The number of hydrogen-bond acceptors (Lipinski definition) is 2. The second-order valence-corrected chi connectivity index (χ2v) is 2.14. The van der Waals surface area contributed by atoms with Crippen LogP contribution in [0.1, 0.15) is 25.7 Å². The quantitative estimate of drug-likeness (QED) is 0.403. The molecule has 1 rings (SSSR count). The fourth-order valence-electron chi connectivity index (χ4n) is 0.874. The van der Waals surface area contributed by atoms with Crippen LogP contribution in [0.3, 0.4) is 0 Å². The lowest BCUT2D eigenvalue weighted by molar-refractivity contribution is -0.176. The molecule has 2 nitrogen and oxygen atoms in total. The molecule has 0 bridgehead atoms. The summed E-state index contributed by atoms with van der Waals surface area (Å²) in [5.41, 5.74) is 0. The van der Waals surface area contributed by atoms with Crippen LogP contribution in [0, 0.1) is 0 Å². The molecule has 0 atom stereocenters. The Morgan fingerprint density at radius 3 is 1.60 bits per heavy atom. The molecule has 0 aromatic heterocycles. The molecule has 2 heteroatoms. The standard InChI is InChI=1S/C8H12.H2O2/c1-2-4-6-8-7-5-3-1;1-2/h1-4H,5-8H2;1-2H/b3-1-,4-2-;. The van der Waals surface area contributed by atoms with Crippen LogP contribution in [0.5, 0.6) is 0 Å². The molecule has 58 valence electrons. The molecule has 0 aliphatic heterocycles. The highest BCUT2D eigenvalue weighted by Gasteiger charge is 1.84. The summed E-state index contributed by atoms with van der Waals surface area (Å²) in [6.45, 7) is 0. The molecule has 0 aromatic carbocycles. The lowest BCUT2D eigenvalue weighted by Gasteiger charge is -1.94. The topological polar surface area (TPSA) is 40.5 Å². The van der Waals surface area contributed by atoms with Crippen molar-refractivity contribution in [3.63, 3.8) is 0 Å². The summed E-state index contributed by atoms with van der Waals surface area (Å²) in [7, 11) is 0. The number of rotatable bonds is 0. The highest BCUT2D eigenvalue weighted by atomic mass is 17.0. The summed E-state index contributed by atoms with van der Waals surface area (Å²) in [6.07, 6.45) is 14.0. The molecule has 0 amide bonds. The van der Waals surface area contributed by atoms with Crippen molar-refractivity contribution in [2.75, 3.05) is 0 Å². The molecule has 2 N–H and O–H groups in total. The second kappa shape index (κ2) is 8.40. The van der Waals surface area contributed by atoms with E-state index < -0.39 is 0 Å². The largest absolute Gasteiger partial charge is 0.255 e. The zero-order valence-electron chi connectivity index (χ0n) is 6.03. The Labute approximate surface area is 61.4 Å². The van der Waals surface area contributed by atoms with Crippen LogP contribution in [0.25, 0.3) is 0 Å². The van der Waals surface area contributed by atoms with Gasteiger partial charge in [0, 0.05) is 0 Å². The van der Waals surface area contributed by atoms with Gasteiger partial charge in [-0.2, -0.15) is 0 Å². The predicted octanol–water partition coefficient (Wildman–Crippen LogP) is 2.69. The van der Waals surface area contributed by atoms with Crippen LogP contribution in [0.15, 0.2) is 24.3 Å². The maximum atomic E-state index is 6.00. The molecule has 0 aromatic rings. The van der Waals surface area contributed by atoms with Crippen molar-refractivity contribution < 1.29 is 10.5 Å². The van der Waals surface area contributed by atoms with Gasteiger partial charge in [-0.05, 0) is 25.7 Å². The normalized spacial score (nSPS) is 23.0. The molecule has 1 aliphatic carbocycles. The minimum atomic E-state index is 1.27. The smallest absolute Gasteiger partial charge is 0.0347 e. The molecule has 0 saturated heterocycles. The van der Waals surface area contributed by atoms with E-state index in [4.69, 9.17) is 10.5 Å². The van der Waals surface area contributed by atoms with Gasteiger partial charge in [-0.15, -0.1) is 0 Å². The predicted molar refractivity (Wildman–Crippen MR) is 42.0 cm³/mol. The number of hydrogen-bond donors (Lipinski definition) is 2. The Hall–Kier alpha value is -0.600. The van der Waals surface area contributed by atoms with E-state index in [2.05, 4.69) is 24.3 Å². The lowest BCUT2D eigenvalue weighted by Crippen LogP contribution is -1.74. The van der Waals surface area contributed by atoms with E-state index in [-0.39, 0.29) is 0 Å². The van der Waals surface area contributed by atoms with Gasteiger partial charge in [0.05, 0.1) is 0 Å². The maximum absolute atomic E-state index is 6.00. The van der Waals surface area contributed by atoms with Crippen LogP contribution in [-0.2, 0) is 0 Å². The van der Waals surface area contributed by atoms with Gasteiger partial charge in [-0.1, -0.05) is 24.3 Å². The molecule has 10 heavy (non-hydrogen) atoms. The van der Waals surface area contributed by atoms with Crippen LogP contribution in [0.2, 0.25) is 0 Å². The molecular formula is C8H14O2. The van der Waals surface area contributed by atoms with Gasteiger partial charge in [0.1, 0.15) is 0 Å². The van der Waals surface area contributed by atoms with Gasteiger partial charge in [0.25, 0.3) is 0 Å². The summed E-state index contributed by atoms with van der Waals surface area (Å²) in [5, 5.41) is 12.0. The Balaban J connectivity index is 0.000000371. The molecule has 0 saturated carbocycles. The summed E-state index contributed by atoms with van der Waals surface area (Å²) in [4.78, 5) is 0. The maximum Gasteiger partial charge on any atom is -0.0347 e. The van der Waals surface area contributed by atoms with Crippen LogP contribution >= 0.6 is 0 Å². The molecular weight excluding hydrogens is 128 g/mol. The third-order valence-electron chi connectivity index (χ3n) is 1.37. The van der Waals surface area contributed by atoms with Crippen molar-refractivity contribution >= 4 is 0 Å². The van der Waals surface area contributed by atoms with Gasteiger partial charge in [-0.25, -0.2) is 0 Å². The molecule has 0 radical (unpaired) electrons. The average molecular weight is 142 g/mol. The fraction of sp³-hybridized carbons (Fsp3) is 0.500. The summed E-state index contributed by atoms with van der Waals surface area (Å²) >= 11 is 0.